The third-order valence-electron chi connectivity index (χ3n) is 5.76. The highest BCUT2D eigenvalue weighted by Crippen LogP contribution is 2.28. The summed E-state index contributed by atoms with van der Waals surface area (Å²) in [6.45, 7) is 7.93. The van der Waals surface area contributed by atoms with Crippen molar-refractivity contribution in [1.82, 2.24) is 5.32 Å². The Balaban J connectivity index is 1.64. The maximum Gasteiger partial charge on any atom is 0.335 e. The van der Waals surface area contributed by atoms with Gasteiger partial charge in [0.15, 0.2) is 0 Å². The van der Waals surface area contributed by atoms with Gasteiger partial charge in [-0.1, -0.05) is 75.1 Å². The average Bonchev–Trinajstić information content (AvgIpc) is 2.73. The van der Waals surface area contributed by atoms with Crippen molar-refractivity contribution in [3.05, 3.63) is 104 Å². The summed E-state index contributed by atoms with van der Waals surface area (Å²) in [7, 11) is 0. The summed E-state index contributed by atoms with van der Waals surface area (Å²) < 4.78 is 0.881. The number of halogens is 1. The van der Waals surface area contributed by atoms with Gasteiger partial charge < -0.3 is 0 Å². The van der Waals surface area contributed by atoms with Crippen LogP contribution in [0.3, 0.4) is 0 Å². The van der Waals surface area contributed by atoms with Gasteiger partial charge in [-0.3, -0.25) is 14.9 Å². The molecule has 4 rings (SSSR count). The molecule has 0 spiro atoms. The minimum Gasteiger partial charge on any atom is -0.273 e. The number of nitrogens with zero attached hydrogens (tertiary/aromatic N) is 1. The number of carbonyl (C=O) groups is 3. The first-order valence-corrected chi connectivity index (χ1v) is 11.8. The number of carbonyl (C=O) groups excluding carboxylic acids is 3. The minimum absolute atomic E-state index is 0.0893. The highest BCUT2D eigenvalue weighted by atomic mass is 79.9. The van der Waals surface area contributed by atoms with Crippen molar-refractivity contribution < 1.29 is 14.4 Å². The van der Waals surface area contributed by atoms with Crippen LogP contribution < -0.4 is 10.2 Å². The third-order valence-corrected chi connectivity index (χ3v) is 6.50. The van der Waals surface area contributed by atoms with Crippen LogP contribution in [0.2, 0.25) is 0 Å². The summed E-state index contributed by atoms with van der Waals surface area (Å²) in [5, 5.41) is 2.29. The monoisotopic (exact) mass is 516 g/mol. The predicted molar refractivity (Wildman–Crippen MR) is 138 cm³/mol. The van der Waals surface area contributed by atoms with E-state index in [-0.39, 0.29) is 5.57 Å². The molecule has 1 aliphatic rings. The molecule has 1 aliphatic heterocycles. The molecule has 1 N–H and O–H groups in total. The van der Waals surface area contributed by atoms with E-state index in [1.54, 1.807) is 6.07 Å². The van der Waals surface area contributed by atoms with Crippen molar-refractivity contribution in [2.75, 3.05) is 4.90 Å². The van der Waals surface area contributed by atoms with Crippen molar-refractivity contribution in [2.24, 2.45) is 0 Å². The second kappa shape index (κ2) is 9.39. The third kappa shape index (κ3) is 4.87. The second-order valence-electron chi connectivity index (χ2n) is 8.77. The summed E-state index contributed by atoms with van der Waals surface area (Å²) in [5.41, 5.74) is 7.59. The van der Waals surface area contributed by atoms with E-state index in [0.717, 1.165) is 32.5 Å². The molecule has 0 radical (unpaired) electrons. The number of imide groups is 2. The number of amides is 4. The van der Waals surface area contributed by atoms with Crippen molar-refractivity contribution in [3.8, 4) is 0 Å². The topological polar surface area (TPSA) is 66.5 Å². The quantitative estimate of drug-likeness (QED) is 0.344. The Kier molecular flexibility index (Phi) is 6.53. The maximum atomic E-state index is 13.2. The van der Waals surface area contributed by atoms with E-state index in [2.05, 4.69) is 53.3 Å². The Morgan fingerprint density at radius 2 is 1.56 bits per heavy atom. The summed E-state index contributed by atoms with van der Waals surface area (Å²) in [5.74, 6) is -1.34. The van der Waals surface area contributed by atoms with Crippen LogP contribution in [0.1, 0.15) is 38.9 Å². The molecule has 172 valence electrons. The van der Waals surface area contributed by atoms with E-state index >= 15 is 0 Å². The molecule has 5 nitrogen and oxygen atoms in total. The summed E-state index contributed by atoms with van der Waals surface area (Å²) in [4.78, 5) is 39.3. The lowest BCUT2D eigenvalue weighted by Gasteiger charge is -2.27. The number of nitrogens with one attached hydrogen (secondary N) is 1. The van der Waals surface area contributed by atoms with Crippen LogP contribution in [-0.2, 0) is 16.0 Å². The van der Waals surface area contributed by atoms with Crippen LogP contribution >= 0.6 is 15.9 Å². The lowest BCUT2D eigenvalue weighted by molar-refractivity contribution is -0.122. The molecule has 0 unspecified atom stereocenters. The number of benzene rings is 3. The summed E-state index contributed by atoms with van der Waals surface area (Å²) in [6, 6.07) is 16.9. The lowest BCUT2D eigenvalue weighted by Crippen LogP contribution is -2.54. The van der Waals surface area contributed by atoms with Gasteiger partial charge in [0.05, 0.1) is 5.69 Å². The predicted octanol–water partition coefficient (Wildman–Crippen LogP) is 5.94. The molecule has 0 aromatic heterocycles. The zero-order valence-electron chi connectivity index (χ0n) is 19.5. The van der Waals surface area contributed by atoms with Gasteiger partial charge in [-0.2, -0.15) is 0 Å². The lowest BCUT2D eigenvalue weighted by atomic mass is 9.99. The van der Waals surface area contributed by atoms with Crippen molar-refractivity contribution in [3.63, 3.8) is 0 Å². The molecule has 34 heavy (non-hydrogen) atoms. The number of hydrogen-bond acceptors (Lipinski definition) is 3. The zero-order chi connectivity index (χ0) is 24.6. The first-order valence-electron chi connectivity index (χ1n) is 11.0. The maximum absolute atomic E-state index is 13.2. The van der Waals surface area contributed by atoms with E-state index in [1.807, 2.05) is 44.2 Å². The van der Waals surface area contributed by atoms with Crippen LogP contribution in [-0.4, -0.2) is 17.8 Å². The normalized spacial score (nSPS) is 15.1. The van der Waals surface area contributed by atoms with Gasteiger partial charge in [0.2, 0.25) is 0 Å². The van der Waals surface area contributed by atoms with Crippen LogP contribution in [0.5, 0.6) is 0 Å². The smallest absolute Gasteiger partial charge is 0.273 e. The van der Waals surface area contributed by atoms with Gasteiger partial charge in [-0.05, 0) is 74.6 Å². The Morgan fingerprint density at radius 1 is 0.853 bits per heavy atom. The molecule has 0 bridgehead atoms. The van der Waals surface area contributed by atoms with E-state index in [9.17, 15) is 14.4 Å². The highest BCUT2D eigenvalue weighted by molar-refractivity contribution is 9.10. The van der Waals surface area contributed by atoms with Crippen molar-refractivity contribution >= 4 is 45.5 Å². The highest BCUT2D eigenvalue weighted by Gasteiger charge is 2.37. The SMILES string of the molecule is Cc1cc(C)cc(Cc2ccc(/C=C3\C(=O)NC(=O)N(c4ccc(C)cc4C)C3=O)cc2Br)c1. The first-order chi connectivity index (χ1) is 16.1. The van der Waals surface area contributed by atoms with Gasteiger partial charge in [-0.15, -0.1) is 0 Å². The van der Waals surface area contributed by atoms with Gasteiger partial charge in [0.1, 0.15) is 5.57 Å². The molecule has 3 aromatic rings. The molecular weight excluding hydrogens is 492 g/mol. The fourth-order valence-electron chi connectivity index (χ4n) is 4.29. The number of rotatable bonds is 4. The second-order valence-corrected chi connectivity index (χ2v) is 9.63. The van der Waals surface area contributed by atoms with Crippen molar-refractivity contribution in [1.29, 1.82) is 0 Å². The summed E-state index contributed by atoms with van der Waals surface area (Å²) in [6.07, 6.45) is 2.28. The molecule has 4 amide bonds. The Bertz CT molecular complexity index is 1350. The van der Waals surface area contributed by atoms with Gasteiger partial charge >= 0.3 is 6.03 Å². The molecule has 1 saturated heterocycles. The minimum atomic E-state index is -0.746. The van der Waals surface area contributed by atoms with E-state index in [4.69, 9.17) is 0 Å². The van der Waals surface area contributed by atoms with Crippen LogP contribution in [0.4, 0.5) is 10.5 Å². The zero-order valence-corrected chi connectivity index (χ0v) is 21.1. The van der Waals surface area contributed by atoms with Crippen LogP contribution in [0.25, 0.3) is 6.08 Å². The number of aryl methyl sites for hydroxylation is 4. The van der Waals surface area contributed by atoms with Gasteiger partial charge in [0, 0.05) is 4.47 Å². The summed E-state index contributed by atoms with van der Waals surface area (Å²) >= 11 is 3.63. The first kappa shape index (κ1) is 23.6. The average molecular weight is 517 g/mol. The Morgan fingerprint density at radius 3 is 2.21 bits per heavy atom. The van der Waals surface area contributed by atoms with Crippen molar-refractivity contribution in [2.45, 2.75) is 34.1 Å². The van der Waals surface area contributed by atoms with Gasteiger partial charge in [0.25, 0.3) is 11.8 Å². The number of barbiturate groups is 1. The number of urea groups is 1. The fourth-order valence-corrected chi connectivity index (χ4v) is 4.82. The van der Waals surface area contributed by atoms with Gasteiger partial charge in [-0.25, -0.2) is 9.69 Å². The molecule has 1 fully saturated rings. The standard InChI is InChI=1S/C28H25BrN2O3/c1-16-5-8-25(19(4)10-16)31-27(33)23(26(32)30-28(31)34)14-20-6-7-22(24(29)15-20)13-21-11-17(2)9-18(3)12-21/h5-12,14-15H,13H2,1-4H3,(H,30,32,34)/b23-14+. The molecule has 6 heteroatoms. The van der Waals surface area contributed by atoms with Crippen LogP contribution in [0.15, 0.2) is 64.6 Å². The fraction of sp³-hybridized carbons (Fsp3) is 0.179. The van der Waals surface area contributed by atoms with E-state index in [1.165, 1.54) is 22.8 Å². The molecule has 0 atom stereocenters. The number of hydrogen-bond donors (Lipinski definition) is 1. The molecule has 1 heterocycles. The van der Waals surface area contributed by atoms with Crippen LogP contribution in [0, 0.1) is 27.7 Å². The van der Waals surface area contributed by atoms with E-state index in [0.29, 0.717) is 11.3 Å². The Labute approximate surface area is 207 Å². The molecule has 0 aliphatic carbocycles. The van der Waals surface area contributed by atoms with E-state index < -0.39 is 17.8 Å². The number of anilines is 1. The largest absolute Gasteiger partial charge is 0.335 e. The Hall–Kier alpha value is -3.51. The molecule has 0 saturated carbocycles. The molecule has 3 aromatic carbocycles. The molecular formula is C28H25BrN2O3.